The van der Waals surface area contributed by atoms with Crippen molar-refractivity contribution in [1.82, 2.24) is 5.32 Å². The highest BCUT2D eigenvalue weighted by molar-refractivity contribution is 6.36. The molecule has 6 heteroatoms. The summed E-state index contributed by atoms with van der Waals surface area (Å²) in [7, 11) is 0. The molecule has 19 heavy (non-hydrogen) atoms. The number of carbonyl (C=O) groups is 2. The number of ketones is 1. The van der Waals surface area contributed by atoms with Crippen molar-refractivity contribution >= 4 is 23.0 Å². The lowest BCUT2D eigenvalue weighted by molar-refractivity contribution is -0.385. The van der Waals surface area contributed by atoms with Crippen molar-refractivity contribution in [2.45, 2.75) is 12.8 Å². The third-order valence-corrected chi connectivity index (χ3v) is 3.43. The van der Waals surface area contributed by atoms with Gasteiger partial charge in [0.2, 0.25) is 0 Å². The first-order valence-corrected chi connectivity index (χ1v) is 5.95. The van der Waals surface area contributed by atoms with E-state index in [1.165, 1.54) is 12.1 Å². The minimum atomic E-state index is -0.582. The normalized spacial score (nSPS) is 17.7. The van der Waals surface area contributed by atoms with Crippen LogP contribution in [-0.4, -0.2) is 23.2 Å². The van der Waals surface area contributed by atoms with E-state index in [-0.39, 0.29) is 22.9 Å². The zero-order valence-corrected chi connectivity index (χ0v) is 9.93. The highest BCUT2D eigenvalue weighted by Gasteiger charge is 2.38. The van der Waals surface area contributed by atoms with Crippen LogP contribution in [0.25, 0.3) is 5.57 Å². The number of hydrogen-bond acceptors (Lipinski definition) is 4. The van der Waals surface area contributed by atoms with E-state index in [1.54, 1.807) is 6.07 Å². The Balaban J connectivity index is 2.26. The molecule has 1 aromatic rings. The molecule has 0 fully saturated rings. The third-order valence-electron chi connectivity index (χ3n) is 3.43. The third kappa shape index (κ3) is 1.56. The summed E-state index contributed by atoms with van der Waals surface area (Å²) in [5, 5.41) is 13.7. The van der Waals surface area contributed by atoms with Gasteiger partial charge in [-0.3, -0.25) is 19.7 Å². The number of Topliss-reactive ketones (excluding diaryl/α,β-unsaturated/α-hetero) is 1. The maximum Gasteiger partial charge on any atom is 0.281 e. The summed E-state index contributed by atoms with van der Waals surface area (Å²) >= 11 is 0. The largest absolute Gasteiger partial charge is 0.352 e. The van der Waals surface area contributed by atoms with Crippen LogP contribution in [0.3, 0.4) is 0 Å². The number of rotatable bonds is 1. The number of carbonyl (C=O) groups excluding carboxylic acids is 2. The van der Waals surface area contributed by atoms with Gasteiger partial charge in [-0.05, 0) is 12.8 Å². The zero-order chi connectivity index (χ0) is 13.6. The van der Waals surface area contributed by atoms with Gasteiger partial charge in [-0.2, -0.15) is 0 Å². The van der Waals surface area contributed by atoms with Gasteiger partial charge < -0.3 is 5.32 Å². The number of nitrogens with one attached hydrogen (secondary N) is 1. The number of amides is 1. The second-order valence-electron chi connectivity index (χ2n) is 4.50. The van der Waals surface area contributed by atoms with E-state index < -0.39 is 4.92 Å². The van der Waals surface area contributed by atoms with Crippen LogP contribution in [0, 0.1) is 10.1 Å². The summed E-state index contributed by atoms with van der Waals surface area (Å²) in [5.74, 6) is -0.700. The van der Waals surface area contributed by atoms with Gasteiger partial charge in [0.15, 0.2) is 5.78 Å². The monoisotopic (exact) mass is 258 g/mol. The molecule has 0 aromatic heterocycles. The van der Waals surface area contributed by atoms with Gasteiger partial charge in [-0.15, -0.1) is 0 Å². The molecule has 1 aliphatic carbocycles. The molecule has 1 heterocycles. The Morgan fingerprint density at radius 1 is 1.26 bits per heavy atom. The van der Waals surface area contributed by atoms with E-state index in [0.717, 1.165) is 0 Å². The number of benzene rings is 1. The van der Waals surface area contributed by atoms with Gasteiger partial charge >= 0.3 is 0 Å². The van der Waals surface area contributed by atoms with Crippen LogP contribution >= 0.6 is 0 Å². The fourth-order valence-electron chi connectivity index (χ4n) is 2.62. The van der Waals surface area contributed by atoms with Gasteiger partial charge in [0, 0.05) is 23.7 Å². The number of fused-ring (bicyclic) bond motifs is 2. The summed E-state index contributed by atoms with van der Waals surface area (Å²) < 4.78 is 0. The van der Waals surface area contributed by atoms with Crippen LogP contribution in [0.4, 0.5) is 5.69 Å². The Morgan fingerprint density at radius 2 is 2.05 bits per heavy atom. The van der Waals surface area contributed by atoms with Crippen molar-refractivity contribution in [2.24, 2.45) is 0 Å². The second kappa shape index (κ2) is 4.01. The van der Waals surface area contributed by atoms with Crippen molar-refractivity contribution in [1.29, 1.82) is 0 Å². The van der Waals surface area contributed by atoms with Gasteiger partial charge in [0.1, 0.15) is 5.56 Å². The van der Waals surface area contributed by atoms with E-state index in [9.17, 15) is 19.7 Å². The molecule has 6 nitrogen and oxygen atoms in total. The maximum absolute atomic E-state index is 12.3. The number of hydrogen-bond donors (Lipinski definition) is 1. The summed E-state index contributed by atoms with van der Waals surface area (Å²) in [6.45, 7) is 0.517. The number of nitro benzene ring substituents is 1. The van der Waals surface area contributed by atoms with E-state index in [2.05, 4.69) is 5.32 Å². The minimum absolute atomic E-state index is 0.0505. The number of allylic oxidation sites excluding steroid dienone is 1. The molecule has 0 saturated carbocycles. The van der Waals surface area contributed by atoms with Crippen molar-refractivity contribution < 1.29 is 14.5 Å². The number of nitrogens with zero attached hydrogens (tertiary/aromatic N) is 1. The average Bonchev–Trinajstić information content (AvgIpc) is 2.55. The van der Waals surface area contributed by atoms with Crippen LogP contribution < -0.4 is 5.32 Å². The molecule has 96 valence electrons. The minimum Gasteiger partial charge on any atom is -0.352 e. The molecule has 1 N–H and O–H groups in total. The smallest absolute Gasteiger partial charge is 0.281 e. The highest BCUT2D eigenvalue weighted by Crippen LogP contribution is 2.40. The second-order valence-corrected chi connectivity index (χ2v) is 4.50. The fraction of sp³-hybridized carbons (Fsp3) is 0.231. The first-order chi connectivity index (χ1) is 9.11. The molecule has 0 bridgehead atoms. The van der Waals surface area contributed by atoms with Crippen molar-refractivity contribution in [3.63, 3.8) is 0 Å². The first-order valence-electron chi connectivity index (χ1n) is 5.95. The molecule has 1 amide bonds. The Bertz CT molecular complexity index is 661. The molecule has 3 rings (SSSR count). The molecule has 0 radical (unpaired) electrons. The lowest BCUT2D eigenvalue weighted by atomic mass is 10.0. The molecular formula is C13H10N2O4. The summed E-state index contributed by atoms with van der Waals surface area (Å²) in [6.07, 6.45) is 1.14. The van der Waals surface area contributed by atoms with Gasteiger partial charge in [0.25, 0.3) is 11.6 Å². The molecule has 0 saturated heterocycles. The molecule has 0 spiro atoms. The van der Waals surface area contributed by atoms with Gasteiger partial charge in [-0.25, -0.2) is 0 Å². The van der Waals surface area contributed by atoms with Crippen molar-refractivity contribution in [3.05, 3.63) is 45.0 Å². The van der Waals surface area contributed by atoms with Gasteiger partial charge in [-0.1, -0.05) is 12.1 Å². The van der Waals surface area contributed by atoms with Crippen LogP contribution in [-0.2, 0) is 4.79 Å². The van der Waals surface area contributed by atoms with E-state index >= 15 is 0 Å². The summed E-state index contributed by atoms with van der Waals surface area (Å²) in [6, 6.07) is 4.38. The van der Waals surface area contributed by atoms with Crippen molar-refractivity contribution in [3.8, 4) is 0 Å². The van der Waals surface area contributed by atoms with Crippen LogP contribution in [0.2, 0.25) is 0 Å². The molecule has 0 atom stereocenters. The summed E-state index contributed by atoms with van der Waals surface area (Å²) in [5.41, 5.74) is 0.909. The predicted molar refractivity (Wildman–Crippen MR) is 66.6 cm³/mol. The Morgan fingerprint density at radius 3 is 2.79 bits per heavy atom. The maximum atomic E-state index is 12.3. The Labute approximate surface area is 108 Å². The lowest BCUT2D eigenvalue weighted by Gasteiger charge is -2.05. The summed E-state index contributed by atoms with van der Waals surface area (Å²) in [4.78, 5) is 34.7. The lowest BCUT2D eigenvalue weighted by Crippen LogP contribution is -2.23. The molecule has 1 aromatic carbocycles. The predicted octanol–water partition coefficient (Wildman–Crippen LogP) is 1.45. The fourth-order valence-corrected chi connectivity index (χ4v) is 2.62. The molecule has 0 unspecified atom stereocenters. The van der Waals surface area contributed by atoms with Gasteiger partial charge in [0.05, 0.1) is 10.5 Å². The van der Waals surface area contributed by atoms with Crippen molar-refractivity contribution in [2.75, 3.05) is 6.54 Å². The Kier molecular flexibility index (Phi) is 2.45. The topological polar surface area (TPSA) is 89.3 Å². The highest BCUT2D eigenvalue weighted by atomic mass is 16.6. The molecular weight excluding hydrogens is 248 g/mol. The van der Waals surface area contributed by atoms with Crippen LogP contribution in [0.15, 0.2) is 23.8 Å². The standard InChI is InChI=1S/C13H10N2O4/c16-12-8-4-2-6-14-13(17)10(8)7-3-1-5-9(11(7)12)15(18)19/h1,3,5H,2,4,6H2,(H,14,17). The SMILES string of the molecule is O=C1NCCCC2=C1c1cccc([N+](=O)[O-])c1C2=O. The van der Waals surface area contributed by atoms with E-state index in [1.807, 2.05) is 0 Å². The van der Waals surface area contributed by atoms with Crippen LogP contribution in [0.5, 0.6) is 0 Å². The first kappa shape index (κ1) is 11.6. The number of nitro groups is 1. The van der Waals surface area contributed by atoms with E-state index in [0.29, 0.717) is 36.1 Å². The Hall–Kier alpha value is -2.50. The van der Waals surface area contributed by atoms with Crippen LogP contribution in [0.1, 0.15) is 28.8 Å². The zero-order valence-electron chi connectivity index (χ0n) is 9.93. The molecule has 2 aliphatic rings. The quantitative estimate of drug-likeness (QED) is 0.610. The average molecular weight is 258 g/mol. The molecule has 1 aliphatic heterocycles. The van der Waals surface area contributed by atoms with E-state index in [4.69, 9.17) is 0 Å².